The number of allylic oxidation sites excluding steroid dienone is 2. The van der Waals surface area contributed by atoms with Crippen LogP contribution in [0.25, 0.3) is 51.5 Å². The molecule has 0 saturated carbocycles. The lowest BCUT2D eigenvalue weighted by Gasteiger charge is -2.08. The van der Waals surface area contributed by atoms with Crippen molar-refractivity contribution in [2.45, 2.75) is 20.3 Å². The fraction of sp³-hybridized carbons (Fsp3) is 0.103. The molecule has 0 aliphatic rings. The van der Waals surface area contributed by atoms with Crippen molar-refractivity contribution in [3.05, 3.63) is 95.8 Å². The normalized spacial score (nSPS) is 12.3. The maximum Gasteiger partial charge on any atom is 0.159 e. The second-order valence-corrected chi connectivity index (χ2v) is 8.55. The number of pyridine rings is 2. The van der Waals surface area contributed by atoms with E-state index in [-0.39, 0.29) is 5.82 Å². The highest BCUT2D eigenvalue weighted by atomic mass is 19.1. The zero-order chi connectivity index (χ0) is 25.9. The molecule has 8 heteroatoms. The van der Waals surface area contributed by atoms with Crippen molar-refractivity contribution < 1.29 is 4.39 Å². The summed E-state index contributed by atoms with van der Waals surface area (Å²) < 4.78 is 13.9. The van der Waals surface area contributed by atoms with Crippen molar-refractivity contribution in [3.63, 3.8) is 0 Å². The summed E-state index contributed by atoms with van der Waals surface area (Å²) in [7, 11) is 0. The number of imidazole rings is 1. The van der Waals surface area contributed by atoms with Gasteiger partial charge in [0.05, 0.1) is 28.4 Å². The van der Waals surface area contributed by atoms with Crippen LogP contribution in [0.15, 0.2) is 73.8 Å². The molecule has 0 unspecified atom stereocenters. The van der Waals surface area contributed by atoms with Gasteiger partial charge in [-0.2, -0.15) is 5.10 Å². The molecule has 7 nitrogen and oxygen atoms in total. The standard InChI is InChI=1S/C29H26FN7/c1-5-18(4)33-22-14-20(15-31-16-22)17(3)12-23-24(6-2)36-37-27(23)29-34-25-10-11-32-26(28(25)35-29)19-8-7-9-21(30)13-19/h6-16,33,36H,3-5H2,1-2H3,(H,34,35)/b23-12+,24-6+. The predicted molar refractivity (Wildman–Crippen MR) is 147 cm³/mol. The molecular weight excluding hydrogens is 465 g/mol. The fourth-order valence-electron chi connectivity index (χ4n) is 4.04. The zero-order valence-corrected chi connectivity index (χ0v) is 20.6. The number of hydrogen-bond donors (Lipinski definition) is 3. The van der Waals surface area contributed by atoms with E-state index in [2.05, 4.69) is 43.6 Å². The first-order chi connectivity index (χ1) is 18.0. The molecule has 0 aliphatic carbocycles. The third-order valence-corrected chi connectivity index (χ3v) is 6.02. The van der Waals surface area contributed by atoms with Gasteiger partial charge in [0.2, 0.25) is 0 Å². The van der Waals surface area contributed by atoms with Crippen LogP contribution in [-0.4, -0.2) is 30.1 Å². The second-order valence-electron chi connectivity index (χ2n) is 8.55. The van der Waals surface area contributed by atoms with Crippen LogP contribution in [0.4, 0.5) is 10.1 Å². The van der Waals surface area contributed by atoms with Gasteiger partial charge in [0.15, 0.2) is 5.82 Å². The summed E-state index contributed by atoms with van der Waals surface area (Å²) in [5.74, 6) is 0.238. The average molecular weight is 492 g/mol. The number of hydrogen-bond acceptors (Lipinski definition) is 5. The Morgan fingerprint density at radius 3 is 2.78 bits per heavy atom. The number of aromatic amines is 2. The van der Waals surface area contributed by atoms with Gasteiger partial charge in [0.1, 0.15) is 17.0 Å². The Labute approximate surface area is 213 Å². The number of H-pyrrole nitrogens is 2. The van der Waals surface area contributed by atoms with Crippen molar-refractivity contribution in [1.29, 1.82) is 0 Å². The summed E-state index contributed by atoms with van der Waals surface area (Å²) in [6.07, 6.45) is 9.93. The Morgan fingerprint density at radius 1 is 1.14 bits per heavy atom. The quantitative estimate of drug-likeness (QED) is 0.292. The topological polar surface area (TPSA) is 95.2 Å². The first-order valence-electron chi connectivity index (χ1n) is 11.9. The van der Waals surface area contributed by atoms with Crippen molar-refractivity contribution in [1.82, 2.24) is 30.1 Å². The number of anilines is 1. The number of fused-ring (bicyclic) bond motifs is 1. The molecule has 0 bridgehead atoms. The molecule has 0 atom stereocenters. The summed E-state index contributed by atoms with van der Waals surface area (Å²) in [5.41, 5.74) is 6.69. The minimum atomic E-state index is -0.328. The minimum absolute atomic E-state index is 0.328. The van der Waals surface area contributed by atoms with E-state index < -0.39 is 0 Å². The molecular formula is C29H26FN7. The summed E-state index contributed by atoms with van der Waals surface area (Å²) in [6.45, 7) is 12.3. The molecule has 0 saturated heterocycles. The largest absolute Gasteiger partial charge is 0.358 e. The summed E-state index contributed by atoms with van der Waals surface area (Å²) in [4.78, 5) is 17.0. The second kappa shape index (κ2) is 10.0. The van der Waals surface area contributed by atoms with Crippen LogP contribution >= 0.6 is 0 Å². The molecule has 1 aromatic carbocycles. The number of rotatable bonds is 7. The third kappa shape index (κ3) is 4.81. The minimum Gasteiger partial charge on any atom is -0.358 e. The lowest BCUT2D eigenvalue weighted by atomic mass is 10.1. The van der Waals surface area contributed by atoms with Crippen molar-refractivity contribution in [2.75, 3.05) is 5.32 Å². The third-order valence-electron chi connectivity index (χ3n) is 6.02. The molecule has 0 aliphatic heterocycles. The van der Waals surface area contributed by atoms with Crippen LogP contribution in [0.2, 0.25) is 0 Å². The summed E-state index contributed by atoms with van der Waals surface area (Å²) in [5, 5.41) is 12.6. The van der Waals surface area contributed by atoms with Crippen LogP contribution in [-0.2, 0) is 0 Å². The summed E-state index contributed by atoms with van der Waals surface area (Å²) in [6, 6.07) is 10.2. The number of benzene rings is 1. The van der Waals surface area contributed by atoms with E-state index in [1.165, 1.54) is 12.1 Å². The van der Waals surface area contributed by atoms with E-state index in [0.717, 1.165) is 45.0 Å². The van der Waals surface area contributed by atoms with Gasteiger partial charge in [0, 0.05) is 34.4 Å². The zero-order valence-electron chi connectivity index (χ0n) is 20.6. The molecule has 0 fully saturated rings. The maximum atomic E-state index is 13.9. The van der Waals surface area contributed by atoms with Gasteiger partial charge < -0.3 is 10.3 Å². The predicted octanol–water partition coefficient (Wildman–Crippen LogP) is 5.18. The first-order valence-corrected chi connectivity index (χ1v) is 11.9. The Morgan fingerprint density at radius 2 is 2.00 bits per heavy atom. The highest BCUT2D eigenvalue weighted by Crippen LogP contribution is 2.27. The molecule has 0 amide bonds. The number of nitrogens with zero attached hydrogens (tertiary/aromatic N) is 4. The van der Waals surface area contributed by atoms with Gasteiger partial charge in [-0.3, -0.25) is 15.1 Å². The molecule has 5 aromatic rings. The van der Waals surface area contributed by atoms with Crippen LogP contribution in [0.5, 0.6) is 0 Å². The molecule has 5 rings (SSSR count). The molecule has 184 valence electrons. The average Bonchev–Trinajstić information content (AvgIpc) is 3.52. The van der Waals surface area contributed by atoms with Crippen LogP contribution < -0.4 is 15.9 Å². The van der Waals surface area contributed by atoms with Gasteiger partial charge in [-0.05, 0) is 49.3 Å². The molecule has 0 spiro atoms. The maximum absolute atomic E-state index is 13.9. The van der Waals surface area contributed by atoms with Gasteiger partial charge in [0.25, 0.3) is 0 Å². The van der Waals surface area contributed by atoms with Crippen molar-refractivity contribution in [2.24, 2.45) is 0 Å². The van der Waals surface area contributed by atoms with Gasteiger partial charge >= 0.3 is 0 Å². The SMILES string of the molecule is C=C(CC)Nc1cncc(C(=C)/C=c2/c(-c3nc4c(-c5cccc(F)c5)nccc4[nH]3)n[nH]/c2=C/C)c1. The van der Waals surface area contributed by atoms with Crippen LogP contribution in [0.3, 0.4) is 0 Å². The fourth-order valence-corrected chi connectivity index (χ4v) is 4.04. The van der Waals surface area contributed by atoms with E-state index in [1.807, 2.05) is 44.2 Å². The molecule has 4 heterocycles. The molecule has 3 N–H and O–H groups in total. The van der Waals surface area contributed by atoms with E-state index >= 15 is 0 Å². The van der Waals surface area contributed by atoms with Crippen molar-refractivity contribution in [3.8, 4) is 22.8 Å². The Hall–Kier alpha value is -4.85. The lowest BCUT2D eigenvalue weighted by Crippen LogP contribution is -2.23. The highest BCUT2D eigenvalue weighted by Gasteiger charge is 2.15. The highest BCUT2D eigenvalue weighted by molar-refractivity contribution is 5.92. The molecule has 4 aromatic heterocycles. The van der Waals surface area contributed by atoms with Crippen LogP contribution in [0.1, 0.15) is 25.8 Å². The van der Waals surface area contributed by atoms with E-state index in [0.29, 0.717) is 28.3 Å². The Bertz CT molecular complexity index is 1760. The molecule has 0 radical (unpaired) electrons. The van der Waals surface area contributed by atoms with Crippen LogP contribution in [0, 0.1) is 5.82 Å². The van der Waals surface area contributed by atoms with E-state index in [1.54, 1.807) is 24.7 Å². The monoisotopic (exact) mass is 491 g/mol. The smallest absolute Gasteiger partial charge is 0.159 e. The Kier molecular flexibility index (Phi) is 6.47. The van der Waals surface area contributed by atoms with E-state index in [9.17, 15) is 4.39 Å². The summed E-state index contributed by atoms with van der Waals surface area (Å²) >= 11 is 0. The lowest BCUT2D eigenvalue weighted by molar-refractivity contribution is 0.628. The Balaban J connectivity index is 1.59. The first kappa shape index (κ1) is 23.9. The van der Waals surface area contributed by atoms with E-state index in [4.69, 9.17) is 4.98 Å². The number of aromatic nitrogens is 6. The van der Waals surface area contributed by atoms with Crippen molar-refractivity contribution >= 4 is 34.4 Å². The van der Waals surface area contributed by atoms with Gasteiger partial charge in [-0.1, -0.05) is 38.3 Å². The molecule has 37 heavy (non-hydrogen) atoms. The van der Waals surface area contributed by atoms with Gasteiger partial charge in [-0.25, -0.2) is 9.37 Å². The number of halogens is 1. The van der Waals surface area contributed by atoms with Gasteiger partial charge in [-0.15, -0.1) is 0 Å². The number of nitrogens with one attached hydrogen (secondary N) is 3.